The Bertz CT molecular complexity index is 1370. The molecule has 0 saturated carbocycles. The number of hydrogen-bond acceptors (Lipinski definition) is 6. The van der Waals surface area contributed by atoms with Crippen LogP contribution < -0.4 is 19.6 Å². The van der Waals surface area contributed by atoms with Crippen molar-refractivity contribution in [2.24, 2.45) is 4.99 Å². The van der Waals surface area contributed by atoms with Crippen LogP contribution in [0, 0.1) is 0 Å². The highest BCUT2D eigenvalue weighted by Crippen LogP contribution is 2.34. The van der Waals surface area contributed by atoms with Gasteiger partial charge in [0.15, 0.2) is 4.80 Å². The number of esters is 1. The molecule has 1 aromatic heterocycles. The summed E-state index contributed by atoms with van der Waals surface area (Å²) in [6, 6.07) is 13.8. The lowest BCUT2D eigenvalue weighted by Gasteiger charge is -2.25. The number of carbonyl (C=O) groups is 1. The summed E-state index contributed by atoms with van der Waals surface area (Å²) < 4.78 is 12.2. The maximum atomic E-state index is 13.4. The molecule has 0 saturated heterocycles. The number of benzene rings is 2. The van der Waals surface area contributed by atoms with Crippen molar-refractivity contribution < 1.29 is 14.3 Å². The van der Waals surface area contributed by atoms with E-state index in [1.807, 2.05) is 30.3 Å². The van der Waals surface area contributed by atoms with E-state index < -0.39 is 12.0 Å². The first-order valence-electron chi connectivity index (χ1n) is 9.44. The summed E-state index contributed by atoms with van der Waals surface area (Å²) in [5, 5.41) is 0.452. The number of rotatable bonds is 4. The highest BCUT2D eigenvalue weighted by atomic mass is 35.5. The molecule has 2 heterocycles. The molecule has 6 nitrogen and oxygen atoms in total. The summed E-state index contributed by atoms with van der Waals surface area (Å²) in [5.41, 5.74) is 2.02. The second-order valence-electron chi connectivity index (χ2n) is 6.87. The second kappa shape index (κ2) is 8.53. The molecule has 0 fully saturated rings. The molecule has 0 unspecified atom stereocenters. The molecule has 31 heavy (non-hydrogen) atoms. The molecule has 8 heteroatoms. The van der Waals surface area contributed by atoms with E-state index in [1.165, 1.54) is 23.0 Å². The van der Waals surface area contributed by atoms with Crippen molar-refractivity contribution in [3.05, 3.63) is 95.6 Å². The maximum Gasteiger partial charge on any atom is 0.338 e. The van der Waals surface area contributed by atoms with Crippen molar-refractivity contribution in [3.63, 3.8) is 0 Å². The molecular formula is C23H19ClN2O4S. The minimum absolute atomic E-state index is 0.251. The largest absolute Gasteiger partial charge is 0.497 e. The quantitative estimate of drug-likeness (QED) is 0.568. The molecule has 158 valence electrons. The van der Waals surface area contributed by atoms with Gasteiger partial charge in [-0.3, -0.25) is 9.36 Å². The molecule has 0 bridgehead atoms. The zero-order valence-electron chi connectivity index (χ0n) is 17.1. The van der Waals surface area contributed by atoms with Gasteiger partial charge in [0.2, 0.25) is 0 Å². The summed E-state index contributed by atoms with van der Waals surface area (Å²) in [6.07, 6.45) is 1.80. The minimum atomic E-state index is -0.726. The van der Waals surface area contributed by atoms with Gasteiger partial charge in [-0.1, -0.05) is 53.3 Å². The Hall–Kier alpha value is -3.16. The predicted molar refractivity (Wildman–Crippen MR) is 120 cm³/mol. The lowest BCUT2D eigenvalue weighted by molar-refractivity contribution is -0.136. The number of aromatic nitrogens is 1. The van der Waals surface area contributed by atoms with Gasteiger partial charge in [0.1, 0.15) is 11.8 Å². The number of hydrogen-bond donors (Lipinski definition) is 0. The zero-order valence-corrected chi connectivity index (χ0v) is 18.7. The van der Waals surface area contributed by atoms with E-state index >= 15 is 0 Å². The lowest BCUT2D eigenvalue weighted by Crippen LogP contribution is -2.39. The van der Waals surface area contributed by atoms with E-state index in [4.69, 9.17) is 21.1 Å². The fourth-order valence-electron chi connectivity index (χ4n) is 3.54. The van der Waals surface area contributed by atoms with Gasteiger partial charge in [-0.05, 0) is 42.3 Å². The summed E-state index contributed by atoms with van der Waals surface area (Å²) >= 11 is 7.73. The highest BCUT2D eigenvalue weighted by Gasteiger charge is 2.34. The number of fused-ring (bicyclic) bond motifs is 1. The number of methoxy groups -OCH3 is 2. The van der Waals surface area contributed by atoms with Crippen LogP contribution in [0.1, 0.15) is 24.1 Å². The van der Waals surface area contributed by atoms with Crippen molar-refractivity contribution in [2.45, 2.75) is 13.0 Å². The lowest BCUT2D eigenvalue weighted by atomic mass is 9.96. The van der Waals surface area contributed by atoms with E-state index in [-0.39, 0.29) is 5.56 Å². The smallest absolute Gasteiger partial charge is 0.338 e. The van der Waals surface area contributed by atoms with Gasteiger partial charge in [0.25, 0.3) is 5.56 Å². The van der Waals surface area contributed by atoms with Crippen molar-refractivity contribution >= 4 is 35.0 Å². The zero-order chi connectivity index (χ0) is 22.1. The molecular weight excluding hydrogens is 436 g/mol. The number of ether oxygens (including phenoxy) is 2. The topological polar surface area (TPSA) is 69.9 Å². The third-order valence-corrected chi connectivity index (χ3v) is 6.37. The van der Waals surface area contributed by atoms with Crippen LogP contribution in [0.15, 0.2) is 69.6 Å². The van der Waals surface area contributed by atoms with Crippen LogP contribution in [-0.4, -0.2) is 24.8 Å². The minimum Gasteiger partial charge on any atom is -0.497 e. The Morgan fingerprint density at radius 1 is 1.16 bits per heavy atom. The van der Waals surface area contributed by atoms with Crippen LogP contribution in [0.2, 0.25) is 5.02 Å². The van der Waals surface area contributed by atoms with Gasteiger partial charge >= 0.3 is 5.97 Å². The molecule has 3 aromatic rings. The Labute approximate surface area is 187 Å². The van der Waals surface area contributed by atoms with Crippen molar-refractivity contribution in [1.29, 1.82) is 0 Å². The third-order valence-electron chi connectivity index (χ3n) is 5.04. The summed E-state index contributed by atoms with van der Waals surface area (Å²) in [4.78, 5) is 31.1. The average Bonchev–Trinajstić information content (AvgIpc) is 3.08. The van der Waals surface area contributed by atoms with E-state index in [9.17, 15) is 9.59 Å². The van der Waals surface area contributed by atoms with Crippen LogP contribution >= 0.6 is 22.9 Å². The molecule has 1 aliphatic heterocycles. The Morgan fingerprint density at radius 2 is 1.87 bits per heavy atom. The Balaban J connectivity index is 1.96. The van der Waals surface area contributed by atoms with Crippen molar-refractivity contribution in [1.82, 2.24) is 4.57 Å². The first kappa shape index (κ1) is 21.1. The Morgan fingerprint density at radius 3 is 2.52 bits per heavy atom. The molecule has 0 aliphatic carbocycles. The normalized spacial score (nSPS) is 16.0. The molecule has 2 aromatic carbocycles. The number of allylic oxidation sites excluding steroid dienone is 1. The van der Waals surface area contributed by atoms with Gasteiger partial charge in [0.05, 0.1) is 30.0 Å². The molecule has 0 radical (unpaired) electrons. The first-order valence-corrected chi connectivity index (χ1v) is 10.6. The van der Waals surface area contributed by atoms with Crippen LogP contribution in [0.4, 0.5) is 0 Å². The van der Waals surface area contributed by atoms with Crippen LogP contribution in [0.3, 0.4) is 0 Å². The van der Waals surface area contributed by atoms with Gasteiger partial charge in [-0.2, -0.15) is 0 Å². The van der Waals surface area contributed by atoms with Gasteiger partial charge in [-0.15, -0.1) is 0 Å². The maximum absolute atomic E-state index is 13.4. The molecule has 4 rings (SSSR count). The SMILES string of the molecule is COC(=O)C1=C(C)N=c2s/c(=C/c3ccc(OC)cc3)c(=O)n2[C@H]1c1ccccc1Cl. The fraction of sp³-hybridized carbons (Fsp3) is 0.174. The fourth-order valence-corrected chi connectivity index (χ4v) is 4.82. The molecule has 0 amide bonds. The van der Waals surface area contributed by atoms with Gasteiger partial charge < -0.3 is 9.47 Å². The highest BCUT2D eigenvalue weighted by molar-refractivity contribution is 7.07. The van der Waals surface area contributed by atoms with E-state index in [1.54, 1.807) is 38.3 Å². The van der Waals surface area contributed by atoms with Crippen LogP contribution in [0.25, 0.3) is 6.08 Å². The van der Waals surface area contributed by atoms with Crippen LogP contribution in [0.5, 0.6) is 5.75 Å². The van der Waals surface area contributed by atoms with Gasteiger partial charge in [-0.25, -0.2) is 9.79 Å². The van der Waals surface area contributed by atoms with Crippen molar-refractivity contribution in [3.8, 4) is 5.75 Å². The van der Waals surface area contributed by atoms with Crippen LogP contribution in [-0.2, 0) is 9.53 Å². The number of thiazole rings is 1. The number of carbonyl (C=O) groups excluding carboxylic acids is 1. The van der Waals surface area contributed by atoms with E-state index in [0.29, 0.717) is 31.2 Å². The average molecular weight is 455 g/mol. The molecule has 0 N–H and O–H groups in total. The predicted octanol–water partition coefficient (Wildman–Crippen LogP) is 3.07. The molecule has 1 atom stereocenters. The first-order chi connectivity index (χ1) is 14.9. The summed E-state index contributed by atoms with van der Waals surface area (Å²) in [7, 11) is 2.91. The summed E-state index contributed by atoms with van der Waals surface area (Å²) in [5.74, 6) is 0.186. The number of nitrogens with zero attached hydrogens (tertiary/aromatic N) is 2. The Kier molecular flexibility index (Phi) is 5.80. The van der Waals surface area contributed by atoms with Gasteiger partial charge in [0, 0.05) is 5.02 Å². The number of halogens is 1. The van der Waals surface area contributed by atoms with E-state index in [0.717, 1.165) is 11.3 Å². The van der Waals surface area contributed by atoms with E-state index in [2.05, 4.69) is 4.99 Å². The third kappa shape index (κ3) is 3.82. The second-order valence-corrected chi connectivity index (χ2v) is 8.28. The summed E-state index contributed by atoms with van der Waals surface area (Å²) in [6.45, 7) is 1.73. The monoisotopic (exact) mass is 454 g/mol. The molecule has 1 aliphatic rings. The molecule has 0 spiro atoms. The standard InChI is InChI=1S/C23H19ClN2O4S/c1-13-19(22(28)30-3)20(16-6-4-5-7-17(16)24)26-21(27)18(31-23(26)25-13)12-14-8-10-15(29-2)11-9-14/h4-12,20H,1-3H3/b18-12+/t20-/m0/s1. The van der Waals surface area contributed by atoms with Crippen molar-refractivity contribution in [2.75, 3.05) is 14.2 Å².